The predicted molar refractivity (Wildman–Crippen MR) is 81.5 cm³/mol. The summed E-state index contributed by atoms with van der Waals surface area (Å²) in [6, 6.07) is 1.44. The second kappa shape index (κ2) is 5.02. The third-order valence-corrected chi connectivity index (χ3v) is 4.41. The lowest BCUT2D eigenvalue weighted by Gasteiger charge is -2.04. The molecule has 3 aromatic heterocycles. The van der Waals surface area contributed by atoms with Crippen molar-refractivity contribution < 1.29 is 4.92 Å². The molecule has 0 unspecified atom stereocenters. The molecule has 0 spiro atoms. The van der Waals surface area contributed by atoms with Gasteiger partial charge in [-0.3, -0.25) is 24.0 Å². The Morgan fingerprint density at radius 2 is 2.09 bits per heavy atom. The van der Waals surface area contributed by atoms with Gasteiger partial charge in [-0.1, -0.05) is 0 Å². The zero-order valence-electron chi connectivity index (χ0n) is 12.2. The third kappa shape index (κ3) is 2.19. The lowest BCUT2D eigenvalue weighted by atomic mass is 10.3. The summed E-state index contributed by atoms with van der Waals surface area (Å²) in [5, 5.41) is 17.1. The first-order valence-corrected chi connectivity index (χ1v) is 7.41. The van der Waals surface area contributed by atoms with Crippen molar-refractivity contribution in [3.05, 3.63) is 54.7 Å². The molecule has 0 N–H and O–H groups in total. The second-order valence-corrected chi connectivity index (χ2v) is 5.85. The van der Waals surface area contributed by atoms with E-state index in [9.17, 15) is 14.9 Å². The molecule has 0 bridgehead atoms. The van der Waals surface area contributed by atoms with Crippen LogP contribution < -0.4 is 5.56 Å². The zero-order valence-corrected chi connectivity index (χ0v) is 13.0. The van der Waals surface area contributed by atoms with Crippen LogP contribution in [0, 0.1) is 30.9 Å². The van der Waals surface area contributed by atoms with Gasteiger partial charge in [-0.25, -0.2) is 4.98 Å². The summed E-state index contributed by atoms with van der Waals surface area (Å²) in [4.78, 5) is 27.7. The average molecular weight is 319 g/mol. The van der Waals surface area contributed by atoms with Crippen molar-refractivity contribution in [2.75, 3.05) is 0 Å². The van der Waals surface area contributed by atoms with Crippen LogP contribution in [0.5, 0.6) is 0 Å². The summed E-state index contributed by atoms with van der Waals surface area (Å²) in [5.74, 6) is 0. The van der Waals surface area contributed by atoms with Gasteiger partial charge in [0.15, 0.2) is 4.96 Å². The van der Waals surface area contributed by atoms with Crippen molar-refractivity contribution in [3.63, 3.8) is 0 Å². The van der Waals surface area contributed by atoms with E-state index in [0.29, 0.717) is 22.0 Å². The summed E-state index contributed by atoms with van der Waals surface area (Å²) >= 11 is 1.38. The molecule has 0 aromatic carbocycles. The fourth-order valence-corrected chi connectivity index (χ4v) is 3.33. The first-order valence-electron chi connectivity index (χ1n) is 6.53. The summed E-state index contributed by atoms with van der Waals surface area (Å²) in [6.07, 6.45) is 0. The third-order valence-electron chi connectivity index (χ3n) is 3.47. The minimum absolute atomic E-state index is 0.00441. The topological polar surface area (TPSA) is 95.3 Å². The highest BCUT2D eigenvalue weighted by Crippen LogP contribution is 2.22. The molecule has 3 rings (SSSR count). The van der Waals surface area contributed by atoms with Crippen molar-refractivity contribution in [2.24, 2.45) is 0 Å². The summed E-state index contributed by atoms with van der Waals surface area (Å²) < 4.78 is 3.05. The zero-order chi connectivity index (χ0) is 16.0. The molecular formula is C13H13N5O3S. The predicted octanol–water partition coefficient (Wildman–Crippen LogP) is 1.83. The lowest BCUT2D eigenvalue weighted by Crippen LogP contribution is -2.17. The molecule has 0 fully saturated rings. The Morgan fingerprint density at radius 3 is 2.73 bits per heavy atom. The number of aryl methyl sites for hydroxylation is 2. The fraction of sp³-hybridized carbons (Fsp3) is 0.308. The van der Waals surface area contributed by atoms with E-state index in [1.165, 1.54) is 26.5 Å². The Kier molecular flexibility index (Phi) is 3.28. The molecule has 0 aliphatic heterocycles. The van der Waals surface area contributed by atoms with Crippen LogP contribution in [-0.4, -0.2) is 24.1 Å². The van der Waals surface area contributed by atoms with Gasteiger partial charge in [0, 0.05) is 17.1 Å². The smallest absolute Gasteiger partial charge is 0.269 e. The number of nitrogens with zero attached hydrogens (tertiary/aromatic N) is 5. The molecule has 9 heteroatoms. The van der Waals surface area contributed by atoms with Gasteiger partial charge < -0.3 is 0 Å². The number of fused-ring (bicyclic) bond motifs is 1. The van der Waals surface area contributed by atoms with Crippen molar-refractivity contribution in [1.29, 1.82) is 0 Å². The quantitative estimate of drug-likeness (QED) is 0.542. The first-order chi connectivity index (χ1) is 10.4. The number of hydrogen-bond acceptors (Lipinski definition) is 6. The van der Waals surface area contributed by atoms with Crippen molar-refractivity contribution in [1.82, 2.24) is 19.2 Å². The van der Waals surface area contributed by atoms with E-state index >= 15 is 0 Å². The van der Waals surface area contributed by atoms with Crippen LogP contribution in [-0.2, 0) is 6.54 Å². The highest BCUT2D eigenvalue weighted by molar-refractivity contribution is 7.15. The normalized spacial score (nSPS) is 11.2. The monoisotopic (exact) mass is 319 g/mol. The van der Waals surface area contributed by atoms with Gasteiger partial charge in [-0.2, -0.15) is 5.10 Å². The number of thiazole rings is 1. The Hall–Kier alpha value is -2.55. The molecule has 8 nitrogen and oxygen atoms in total. The molecule has 0 saturated heterocycles. The van der Waals surface area contributed by atoms with Crippen molar-refractivity contribution >= 4 is 22.0 Å². The van der Waals surface area contributed by atoms with E-state index in [1.807, 2.05) is 12.3 Å². The van der Waals surface area contributed by atoms with Crippen molar-refractivity contribution in [2.45, 2.75) is 27.3 Å². The molecule has 3 aromatic rings. The Labute approximate surface area is 128 Å². The largest absolute Gasteiger partial charge is 0.312 e. The fourth-order valence-electron chi connectivity index (χ4n) is 2.44. The van der Waals surface area contributed by atoms with E-state index < -0.39 is 4.92 Å². The maximum absolute atomic E-state index is 12.1. The molecule has 22 heavy (non-hydrogen) atoms. The summed E-state index contributed by atoms with van der Waals surface area (Å²) in [7, 11) is 0. The summed E-state index contributed by atoms with van der Waals surface area (Å²) in [6.45, 7) is 5.30. The summed E-state index contributed by atoms with van der Waals surface area (Å²) in [5.41, 5.74) is 2.02. The van der Waals surface area contributed by atoms with Crippen molar-refractivity contribution in [3.8, 4) is 0 Å². The Balaban J connectivity index is 2.06. The number of nitro groups is 1. The Bertz CT molecular complexity index is 953. The van der Waals surface area contributed by atoms with Crippen LogP contribution in [0.1, 0.15) is 22.8 Å². The average Bonchev–Trinajstić information content (AvgIpc) is 2.91. The van der Waals surface area contributed by atoms with Crippen LogP contribution in [0.3, 0.4) is 0 Å². The van der Waals surface area contributed by atoms with Gasteiger partial charge in [0.05, 0.1) is 17.2 Å². The molecular weight excluding hydrogens is 306 g/mol. The minimum Gasteiger partial charge on any atom is -0.269 e. The van der Waals surface area contributed by atoms with Gasteiger partial charge in [0.25, 0.3) is 5.56 Å². The maximum atomic E-state index is 12.1. The second-order valence-electron chi connectivity index (χ2n) is 5.01. The number of hydrogen-bond donors (Lipinski definition) is 0. The standard InChI is InChI=1S/C13H13N5O3S/c1-7-6-22-13-14-10(4-11(19)17(7)13)5-16-9(3)12(18(20)21)8(2)15-16/h4,6H,5H2,1-3H3. The highest BCUT2D eigenvalue weighted by atomic mass is 32.1. The van der Waals surface area contributed by atoms with Gasteiger partial charge in [-0.15, -0.1) is 11.3 Å². The van der Waals surface area contributed by atoms with Gasteiger partial charge in [-0.05, 0) is 20.8 Å². The molecule has 0 aliphatic carbocycles. The molecule has 3 heterocycles. The molecule has 0 atom stereocenters. The van der Waals surface area contributed by atoms with E-state index in [-0.39, 0.29) is 17.8 Å². The highest BCUT2D eigenvalue weighted by Gasteiger charge is 2.22. The molecule has 0 radical (unpaired) electrons. The Morgan fingerprint density at radius 1 is 1.36 bits per heavy atom. The van der Waals surface area contributed by atoms with Crippen LogP contribution in [0.4, 0.5) is 5.69 Å². The molecule has 114 valence electrons. The van der Waals surface area contributed by atoms with E-state index in [4.69, 9.17) is 0 Å². The van der Waals surface area contributed by atoms with E-state index in [0.717, 1.165) is 5.69 Å². The molecule has 0 saturated carbocycles. The van der Waals surface area contributed by atoms with E-state index in [1.54, 1.807) is 13.8 Å². The van der Waals surface area contributed by atoms with Gasteiger partial charge in [0.2, 0.25) is 0 Å². The maximum Gasteiger partial charge on any atom is 0.312 e. The molecule has 0 aliphatic rings. The SMILES string of the molecule is Cc1nn(Cc2cc(=O)n3c(C)csc3n2)c(C)c1[N+](=O)[O-]. The van der Waals surface area contributed by atoms with Crippen LogP contribution in [0.2, 0.25) is 0 Å². The van der Waals surface area contributed by atoms with Crippen LogP contribution >= 0.6 is 11.3 Å². The minimum atomic E-state index is -0.442. The molecule has 0 amide bonds. The lowest BCUT2D eigenvalue weighted by molar-refractivity contribution is -0.386. The van der Waals surface area contributed by atoms with Crippen LogP contribution in [0.25, 0.3) is 4.96 Å². The number of rotatable bonds is 3. The number of aromatic nitrogens is 4. The van der Waals surface area contributed by atoms with E-state index in [2.05, 4.69) is 10.1 Å². The first kappa shape index (κ1) is 14.4. The van der Waals surface area contributed by atoms with Gasteiger partial charge in [0.1, 0.15) is 11.4 Å². The van der Waals surface area contributed by atoms with Crippen LogP contribution in [0.15, 0.2) is 16.2 Å². The van der Waals surface area contributed by atoms with Gasteiger partial charge >= 0.3 is 5.69 Å².